The standard InChI is InChI=1S/C25H27FN2O4S/c1-19(12-13-20-8-4-3-5-9-20)27-25(29)18-28(24-11-7-6-10-23(24)26)33(30,31)22-16-14-21(32-2)15-17-22/h3-11,14-17,19H,12-13,18H2,1-2H3,(H,27,29). The zero-order chi connectivity index (χ0) is 23.8. The molecule has 6 nitrogen and oxygen atoms in total. The summed E-state index contributed by atoms with van der Waals surface area (Å²) in [7, 11) is -2.74. The summed E-state index contributed by atoms with van der Waals surface area (Å²) in [6.45, 7) is 1.30. The third-order valence-corrected chi connectivity index (χ3v) is 6.95. The Kier molecular flexibility index (Phi) is 8.06. The molecule has 0 aliphatic rings. The number of anilines is 1. The van der Waals surface area contributed by atoms with Crippen molar-refractivity contribution < 1.29 is 22.3 Å². The van der Waals surface area contributed by atoms with E-state index in [1.54, 1.807) is 0 Å². The molecule has 0 fully saturated rings. The maximum absolute atomic E-state index is 14.6. The maximum atomic E-state index is 14.6. The summed E-state index contributed by atoms with van der Waals surface area (Å²) in [6.07, 6.45) is 1.45. The number of benzene rings is 3. The van der Waals surface area contributed by atoms with Gasteiger partial charge in [0.25, 0.3) is 10.0 Å². The van der Waals surface area contributed by atoms with Crippen LogP contribution in [-0.4, -0.2) is 34.0 Å². The molecule has 0 heterocycles. The number of halogens is 1. The lowest BCUT2D eigenvalue weighted by Crippen LogP contribution is -2.44. The minimum Gasteiger partial charge on any atom is -0.497 e. The molecule has 0 saturated heterocycles. The second kappa shape index (κ2) is 11.0. The van der Waals surface area contributed by atoms with Crippen molar-refractivity contribution in [1.29, 1.82) is 0 Å². The number of ether oxygens (including phenoxy) is 1. The summed E-state index contributed by atoms with van der Waals surface area (Å²) < 4.78 is 47.2. The van der Waals surface area contributed by atoms with Crippen LogP contribution in [0.25, 0.3) is 0 Å². The predicted octanol–water partition coefficient (Wildman–Crippen LogP) is 4.17. The Balaban J connectivity index is 1.78. The van der Waals surface area contributed by atoms with Gasteiger partial charge < -0.3 is 10.1 Å². The zero-order valence-electron chi connectivity index (χ0n) is 18.6. The number of carbonyl (C=O) groups excluding carboxylic acids is 1. The van der Waals surface area contributed by atoms with Crippen molar-refractivity contribution in [3.63, 3.8) is 0 Å². The fourth-order valence-electron chi connectivity index (χ4n) is 3.38. The normalized spacial score (nSPS) is 12.1. The van der Waals surface area contributed by atoms with Crippen molar-refractivity contribution in [2.24, 2.45) is 0 Å². The summed E-state index contributed by atoms with van der Waals surface area (Å²) in [5, 5.41) is 2.82. The minimum atomic E-state index is -4.21. The van der Waals surface area contributed by atoms with Crippen LogP contribution in [0, 0.1) is 5.82 Å². The van der Waals surface area contributed by atoms with Gasteiger partial charge in [-0.05, 0) is 61.7 Å². The number of nitrogens with one attached hydrogen (secondary N) is 1. The van der Waals surface area contributed by atoms with E-state index in [0.717, 1.165) is 22.4 Å². The van der Waals surface area contributed by atoms with Crippen LogP contribution in [-0.2, 0) is 21.2 Å². The number of hydrogen-bond donors (Lipinski definition) is 1. The Bertz CT molecular complexity index is 1170. The third kappa shape index (κ3) is 6.32. The summed E-state index contributed by atoms with van der Waals surface area (Å²) in [4.78, 5) is 12.7. The van der Waals surface area contributed by atoms with E-state index < -0.39 is 28.3 Å². The molecule has 0 bridgehead atoms. The predicted molar refractivity (Wildman–Crippen MR) is 126 cm³/mol. The van der Waals surface area contributed by atoms with Crippen molar-refractivity contribution in [3.8, 4) is 5.75 Å². The quantitative estimate of drug-likeness (QED) is 0.483. The van der Waals surface area contributed by atoms with E-state index in [1.165, 1.54) is 49.6 Å². The van der Waals surface area contributed by atoms with Gasteiger partial charge in [0, 0.05) is 6.04 Å². The third-order valence-electron chi connectivity index (χ3n) is 5.17. The Morgan fingerprint density at radius 1 is 1.00 bits per heavy atom. The Morgan fingerprint density at radius 2 is 1.64 bits per heavy atom. The highest BCUT2D eigenvalue weighted by molar-refractivity contribution is 7.92. The van der Waals surface area contributed by atoms with Gasteiger partial charge in [-0.1, -0.05) is 42.5 Å². The molecule has 3 aromatic carbocycles. The lowest BCUT2D eigenvalue weighted by atomic mass is 10.1. The van der Waals surface area contributed by atoms with Crippen LogP contribution in [0.15, 0.2) is 83.8 Å². The average Bonchev–Trinajstić information content (AvgIpc) is 2.82. The van der Waals surface area contributed by atoms with Crippen molar-refractivity contribution in [2.45, 2.75) is 30.7 Å². The molecule has 0 aliphatic heterocycles. The maximum Gasteiger partial charge on any atom is 0.264 e. The highest BCUT2D eigenvalue weighted by Crippen LogP contribution is 2.27. The first-order chi connectivity index (χ1) is 15.8. The molecule has 1 atom stereocenters. The molecule has 1 N–H and O–H groups in total. The molecule has 174 valence electrons. The monoisotopic (exact) mass is 470 g/mol. The van der Waals surface area contributed by atoms with Crippen molar-refractivity contribution in [2.75, 3.05) is 18.0 Å². The first kappa shape index (κ1) is 24.3. The molecule has 0 spiro atoms. The van der Waals surface area contributed by atoms with Gasteiger partial charge in [0.15, 0.2) is 0 Å². The Hall–Kier alpha value is -3.39. The lowest BCUT2D eigenvalue weighted by Gasteiger charge is -2.25. The topological polar surface area (TPSA) is 75.7 Å². The molecule has 8 heteroatoms. The highest BCUT2D eigenvalue weighted by Gasteiger charge is 2.29. The average molecular weight is 471 g/mol. The second-order valence-corrected chi connectivity index (χ2v) is 9.49. The number of sulfonamides is 1. The Labute approximate surface area is 194 Å². The minimum absolute atomic E-state index is 0.0727. The van der Waals surface area contributed by atoms with Gasteiger partial charge >= 0.3 is 0 Å². The summed E-state index contributed by atoms with van der Waals surface area (Å²) in [5.41, 5.74) is 0.953. The number of hydrogen-bond acceptors (Lipinski definition) is 4. The fraction of sp³-hybridized carbons (Fsp3) is 0.240. The second-order valence-electron chi connectivity index (χ2n) is 7.63. The molecule has 1 unspecified atom stereocenters. The number of rotatable bonds is 10. The number of amides is 1. The molecule has 3 aromatic rings. The molecule has 3 rings (SSSR count). The summed E-state index contributed by atoms with van der Waals surface area (Å²) in [6, 6.07) is 20.9. The first-order valence-electron chi connectivity index (χ1n) is 10.6. The van der Waals surface area contributed by atoms with E-state index in [2.05, 4.69) is 5.32 Å². The highest BCUT2D eigenvalue weighted by atomic mass is 32.2. The largest absolute Gasteiger partial charge is 0.497 e. The number of methoxy groups -OCH3 is 1. The van der Waals surface area contributed by atoms with Crippen LogP contribution in [0.4, 0.5) is 10.1 Å². The Morgan fingerprint density at radius 3 is 2.27 bits per heavy atom. The van der Waals surface area contributed by atoms with Gasteiger partial charge in [0.05, 0.1) is 17.7 Å². The van der Waals surface area contributed by atoms with Crippen LogP contribution in [0.2, 0.25) is 0 Å². The van der Waals surface area contributed by atoms with Crippen molar-refractivity contribution >= 4 is 21.6 Å². The lowest BCUT2D eigenvalue weighted by molar-refractivity contribution is -0.120. The first-order valence-corrected chi connectivity index (χ1v) is 12.0. The SMILES string of the molecule is COc1ccc(S(=O)(=O)N(CC(=O)NC(C)CCc2ccccc2)c2ccccc2F)cc1. The van der Waals surface area contributed by atoms with Crippen LogP contribution in [0.1, 0.15) is 18.9 Å². The molecular weight excluding hydrogens is 443 g/mol. The van der Waals surface area contributed by atoms with Crippen LogP contribution >= 0.6 is 0 Å². The molecule has 0 aliphatic carbocycles. The molecule has 33 heavy (non-hydrogen) atoms. The van der Waals surface area contributed by atoms with E-state index in [-0.39, 0.29) is 16.6 Å². The fourth-order valence-corrected chi connectivity index (χ4v) is 4.81. The molecule has 0 saturated carbocycles. The van der Waals surface area contributed by atoms with E-state index in [0.29, 0.717) is 12.2 Å². The van der Waals surface area contributed by atoms with Gasteiger partial charge in [-0.25, -0.2) is 12.8 Å². The van der Waals surface area contributed by atoms with Gasteiger partial charge in [-0.3, -0.25) is 9.10 Å². The van der Waals surface area contributed by atoms with Crippen molar-refractivity contribution in [1.82, 2.24) is 5.32 Å². The van der Waals surface area contributed by atoms with Gasteiger partial charge in [0.1, 0.15) is 18.1 Å². The zero-order valence-corrected chi connectivity index (χ0v) is 19.4. The van der Waals surface area contributed by atoms with E-state index in [9.17, 15) is 17.6 Å². The van der Waals surface area contributed by atoms with Crippen molar-refractivity contribution in [3.05, 3.63) is 90.2 Å². The summed E-state index contributed by atoms with van der Waals surface area (Å²) >= 11 is 0. The van der Waals surface area contributed by atoms with E-state index in [4.69, 9.17) is 4.74 Å². The molecular formula is C25H27FN2O4S. The number of para-hydroxylation sites is 1. The van der Waals surface area contributed by atoms with Crippen LogP contribution in [0.5, 0.6) is 5.75 Å². The van der Waals surface area contributed by atoms with Gasteiger partial charge in [-0.2, -0.15) is 0 Å². The van der Waals surface area contributed by atoms with Gasteiger partial charge in [-0.15, -0.1) is 0 Å². The van der Waals surface area contributed by atoms with Crippen LogP contribution < -0.4 is 14.4 Å². The van der Waals surface area contributed by atoms with E-state index >= 15 is 0 Å². The number of nitrogens with zero attached hydrogens (tertiary/aromatic N) is 1. The molecule has 0 aromatic heterocycles. The smallest absolute Gasteiger partial charge is 0.264 e. The molecule has 0 radical (unpaired) electrons. The number of aryl methyl sites for hydroxylation is 1. The van der Waals surface area contributed by atoms with E-state index in [1.807, 2.05) is 37.3 Å². The van der Waals surface area contributed by atoms with Gasteiger partial charge in [0.2, 0.25) is 5.91 Å². The van der Waals surface area contributed by atoms with Crippen LogP contribution in [0.3, 0.4) is 0 Å². The number of carbonyl (C=O) groups is 1. The summed E-state index contributed by atoms with van der Waals surface area (Å²) in [5.74, 6) is -0.771. The molecule has 1 amide bonds.